The summed E-state index contributed by atoms with van der Waals surface area (Å²) >= 11 is 0. The predicted molar refractivity (Wildman–Crippen MR) is 140 cm³/mol. The first kappa shape index (κ1) is 26.0. The van der Waals surface area contributed by atoms with Crippen molar-refractivity contribution in [2.24, 2.45) is 5.92 Å². The molecular formula is C31H38O6. The van der Waals surface area contributed by atoms with E-state index in [1.54, 1.807) is 0 Å². The topological polar surface area (TPSA) is 66.5 Å². The fourth-order valence-corrected chi connectivity index (χ4v) is 5.76. The van der Waals surface area contributed by atoms with Gasteiger partial charge < -0.3 is 23.7 Å². The Hall–Kier alpha value is -2.67. The Morgan fingerprint density at radius 3 is 2.35 bits per heavy atom. The van der Waals surface area contributed by atoms with Crippen LogP contribution in [0.25, 0.3) is 0 Å². The maximum absolute atomic E-state index is 11.1. The van der Waals surface area contributed by atoms with E-state index in [0.717, 1.165) is 66.7 Å². The van der Waals surface area contributed by atoms with Gasteiger partial charge in [-0.3, -0.25) is 4.79 Å². The molecule has 2 aromatic rings. The third-order valence-electron chi connectivity index (χ3n) is 8.13. The second kappa shape index (κ2) is 10.6. The van der Waals surface area contributed by atoms with E-state index in [0.29, 0.717) is 12.5 Å². The summed E-state index contributed by atoms with van der Waals surface area (Å²) in [4.78, 5) is 11.1. The quantitative estimate of drug-likeness (QED) is 0.229. The lowest BCUT2D eigenvalue weighted by Gasteiger charge is -2.36. The van der Waals surface area contributed by atoms with Gasteiger partial charge in [-0.1, -0.05) is 48.6 Å². The normalized spacial score (nSPS) is 30.7. The van der Waals surface area contributed by atoms with Gasteiger partial charge in [0.25, 0.3) is 0 Å². The molecule has 3 fully saturated rings. The standard InChI is InChI=1S/C31H38O6/c1-21(2)25-17-28(35-20-24-10-8-23(9-11-24)19-34-22(3)32)30(4)31(18-25,37-30)26-12-14-27(15-13-26)36-29-7-5-6-16-33-29/h8-15,25,28-29H,1,5-7,16-20H2,2-4H3/t25-,28+,29?,30-,31-/m0/s1. The van der Waals surface area contributed by atoms with E-state index in [-0.39, 0.29) is 25.0 Å². The summed E-state index contributed by atoms with van der Waals surface area (Å²) in [6, 6.07) is 16.3. The molecule has 2 heterocycles. The first-order chi connectivity index (χ1) is 17.8. The van der Waals surface area contributed by atoms with Crippen LogP contribution in [0, 0.1) is 5.92 Å². The van der Waals surface area contributed by atoms with Crippen molar-refractivity contribution in [3.05, 3.63) is 77.4 Å². The van der Waals surface area contributed by atoms with Gasteiger partial charge in [0.05, 0.1) is 19.3 Å². The van der Waals surface area contributed by atoms with Crippen molar-refractivity contribution in [1.82, 2.24) is 0 Å². The SMILES string of the molecule is C=C(C)[C@H]1C[C@@H](OCc2ccc(COC(C)=O)cc2)[C@]2(C)O[C@]2(c2ccc(OC3CCCCO3)cc2)C1. The number of hydrogen-bond acceptors (Lipinski definition) is 6. The summed E-state index contributed by atoms with van der Waals surface area (Å²) in [5, 5.41) is 0. The molecule has 1 unspecified atom stereocenters. The lowest BCUT2D eigenvalue weighted by molar-refractivity contribution is -0.142. The summed E-state index contributed by atoms with van der Waals surface area (Å²) in [5.74, 6) is 0.864. The Morgan fingerprint density at radius 1 is 1.03 bits per heavy atom. The van der Waals surface area contributed by atoms with Crippen LogP contribution in [-0.4, -0.2) is 30.6 Å². The predicted octanol–water partition coefficient (Wildman–Crippen LogP) is 6.21. The van der Waals surface area contributed by atoms with Crippen molar-refractivity contribution < 1.29 is 28.5 Å². The number of esters is 1. The number of ether oxygens (including phenoxy) is 5. The van der Waals surface area contributed by atoms with Crippen LogP contribution in [0.4, 0.5) is 0 Å². The lowest BCUT2D eigenvalue weighted by Crippen LogP contribution is -2.43. The van der Waals surface area contributed by atoms with Gasteiger partial charge in [-0.25, -0.2) is 0 Å². The van der Waals surface area contributed by atoms with Crippen LogP contribution in [0.3, 0.4) is 0 Å². The Bertz CT molecular complexity index is 1100. The van der Waals surface area contributed by atoms with Gasteiger partial charge in [0.2, 0.25) is 0 Å². The zero-order valence-electron chi connectivity index (χ0n) is 22.2. The van der Waals surface area contributed by atoms with E-state index in [1.165, 1.54) is 6.92 Å². The van der Waals surface area contributed by atoms with E-state index >= 15 is 0 Å². The zero-order valence-corrected chi connectivity index (χ0v) is 22.2. The van der Waals surface area contributed by atoms with Gasteiger partial charge in [0, 0.05) is 13.3 Å². The molecule has 3 aliphatic rings. The van der Waals surface area contributed by atoms with Crippen LogP contribution in [-0.2, 0) is 42.6 Å². The smallest absolute Gasteiger partial charge is 0.302 e. The molecule has 1 saturated carbocycles. The minimum absolute atomic E-state index is 0.0600. The first-order valence-electron chi connectivity index (χ1n) is 13.4. The van der Waals surface area contributed by atoms with Crippen molar-refractivity contribution in [3.63, 3.8) is 0 Å². The van der Waals surface area contributed by atoms with Crippen molar-refractivity contribution in [2.75, 3.05) is 6.61 Å². The zero-order chi connectivity index (χ0) is 26.0. The molecule has 37 heavy (non-hydrogen) atoms. The molecule has 5 rings (SSSR count). The number of allylic oxidation sites excluding steroid dienone is 1. The Morgan fingerprint density at radius 2 is 1.73 bits per heavy atom. The third-order valence-corrected chi connectivity index (χ3v) is 8.13. The van der Waals surface area contributed by atoms with Gasteiger partial charge in [0.15, 0.2) is 6.29 Å². The van der Waals surface area contributed by atoms with Crippen molar-refractivity contribution >= 4 is 5.97 Å². The second-order valence-corrected chi connectivity index (χ2v) is 10.9. The Labute approximate surface area is 219 Å². The molecule has 5 atom stereocenters. The molecular weight excluding hydrogens is 468 g/mol. The van der Waals surface area contributed by atoms with Gasteiger partial charge in [0.1, 0.15) is 23.6 Å². The van der Waals surface area contributed by atoms with Crippen LogP contribution in [0.2, 0.25) is 0 Å². The molecule has 6 nitrogen and oxygen atoms in total. The number of carbonyl (C=O) groups excluding carboxylic acids is 1. The number of carbonyl (C=O) groups is 1. The van der Waals surface area contributed by atoms with Crippen molar-refractivity contribution in [3.8, 4) is 5.75 Å². The second-order valence-electron chi connectivity index (χ2n) is 10.9. The largest absolute Gasteiger partial charge is 0.465 e. The summed E-state index contributed by atoms with van der Waals surface area (Å²) in [5.41, 5.74) is 3.55. The van der Waals surface area contributed by atoms with Crippen LogP contribution < -0.4 is 4.74 Å². The Kier molecular flexibility index (Phi) is 7.44. The molecule has 0 N–H and O–H groups in total. The van der Waals surface area contributed by atoms with Crippen molar-refractivity contribution in [2.45, 2.75) is 89.7 Å². The minimum atomic E-state index is -0.400. The Balaban J connectivity index is 1.27. The van der Waals surface area contributed by atoms with E-state index in [2.05, 4.69) is 32.6 Å². The third kappa shape index (κ3) is 5.47. The molecule has 0 spiro atoms. The monoisotopic (exact) mass is 506 g/mol. The van der Waals surface area contributed by atoms with Gasteiger partial charge in [-0.2, -0.15) is 0 Å². The molecule has 2 saturated heterocycles. The maximum Gasteiger partial charge on any atom is 0.302 e. The molecule has 0 radical (unpaired) electrons. The first-order valence-corrected chi connectivity index (χ1v) is 13.4. The van der Waals surface area contributed by atoms with Crippen LogP contribution in [0.1, 0.15) is 69.6 Å². The van der Waals surface area contributed by atoms with E-state index < -0.39 is 11.2 Å². The number of fused-ring (bicyclic) bond motifs is 1. The highest BCUT2D eigenvalue weighted by Gasteiger charge is 2.74. The molecule has 0 bridgehead atoms. The molecule has 6 heteroatoms. The average molecular weight is 507 g/mol. The van der Waals surface area contributed by atoms with Gasteiger partial charge in [-0.05, 0) is 74.3 Å². The molecule has 0 amide bonds. The van der Waals surface area contributed by atoms with Crippen LogP contribution in [0.15, 0.2) is 60.7 Å². The average Bonchev–Trinajstić information content (AvgIpc) is 3.54. The van der Waals surface area contributed by atoms with Gasteiger partial charge in [-0.15, -0.1) is 0 Å². The van der Waals surface area contributed by atoms with Crippen LogP contribution >= 0.6 is 0 Å². The van der Waals surface area contributed by atoms with E-state index in [4.69, 9.17) is 23.7 Å². The van der Waals surface area contributed by atoms with E-state index in [9.17, 15) is 4.79 Å². The van der Waals surface area contributed by atoms with Crippen molar-refractivity contribution in [1.29, 1.82) is 0 Å². The summed E-state index contributed by atoms with van der Waals surface area (Å²) in [7, 11) is 0. The van der Waals surface area contributed by atoms with E-state index in [1.807, 2.05) is 36.4 Å². The molecule has 2 aliphatic heterocycles. The highest BCUT2D eigenvalue weighted by Crippen LogP contribution is 2.66. The lowest BCUT2D eigenvalue weighted by atomic mass is 9.68. The maximum atomic E-state index is 11.1. The fraction of sp³-hybridized carbons (Fsp3) is 0.516. The minimum Gasteiger partial charge on any atom is -0.465 e. The molecule has 2 aromatic carbocycles. The summed E-state index contributed by atoms with van der Waals surface area (Å²) < 4.78 is 30.0. The summed E-state index contributed by atoms with van der Waals surface area (Å²) in [6.07, 6.45) is 4.74. The number of hydrogen-bond donors (Lipinski definition) is 0. The summed E-state index contributed by atoms with van der Waals surface area (Å²) in [6.45, 7) is 11.5. The molecule has 1 aliphatic carbocycles. The van der Waals surface area contributed by atoms with Crippen LogP contribution in [0.5, 0.6) is 5.75 Å². The molecule has 0 aromatic heterocycles. The highest BCUT2D eigenvalue weighted by atomic mass is 16.7. The van der Waals surface area contributed by atoms with Gasteiger partial charge >= 0.3 is 5.97 Å². The highest BCUT2D eigenvalue weighted by molar-refractivity contribution is 5.65. The number of epoxide rings is 1. The number of rotatable bonds is 9. The molecule has 198 valence electrons. The number of benzene rings is 2. The fourth-order valence-electron chi connectivity index (χ4n) is 5.76.